The summed E-state index contributed by atoms with van der Waals surface area (Å²) in [5.41, 5.74) is 1.17. The van der Waals surface area contributed by atoms with E-state index in [9.17, 15) is 18.0 Å². The number of anilines is 1. The van der Waals surface area contributed by atoms with Gasteiger partial charge in [0, 0.05) is 12.6 Å². The lowest BCUT2D eigenvalue weighted by atomic mass is 10.1. The van der Waals surface area contributed by atoms with E-state index in [-0.39, 0.29) is 23.4 Å². The number of methoxy groups -OCH3 is 1. The van der Waals surface area contributed by atoms with E-state index in [0.29, 0.717) is 11.4 Å². The van der Waals surface area contributed by atoms with Gasteiger partial charge in [0.1, 0.15) is 18.3 Å². The largest absolute Gasteiger partial charge is 0.497 e. The van der Waals surface area contributed by atoms with Crippen molar-refractivity contribution in [2.24, 2.45) is 0 Å². The van der Waals surface area contributed by atoms with Crippen molar-refractivity contribution in [3.63, 3.8) is 0 Å². The molecular formula is C29H35N3O5S. The van der Waals surface area contributed by atoms with E-state index in [1.807, 2.05) is 44.2 Å². The minimum absolute atomic E-state index is 0.0205. The van der Waals surface area contributed by atoms with Crippen molar-refractivity contribution < 1.29 is 22.7 Å². The molecule has 0 bridgehead atoms. The van der Waals surface area contributed by atoms with Crippen LogP contribution in [0.4, 0.5) is 5.69 Å². The topological polar surface area (TPSA) is 96.0 Å². The summed E-state index contributed by atoms with van der Waals surface area (Å²) >= 11 is 0. The van der Waals surface area contributed by atoms with Gasteiger partial charge in [-0.15, -0.1) is 0 Å². The number of carbonyl (C=O) groups excluding carboxylic acids is 2. The van der Waals surface area contributed by atoms with E-state index in [0.717, 1.165) is 16.3 Å². The summed E-state index contributed by atoms with van der Waals surface area (Å²) < 4.78 is 33.8. The lowest BCUT2D eigenvalue weighted by Gasteiger charge is -2.32. The van der Waals surface area contributed by atoms with Gasteiger partial charge in [0.25, 0.3) is 10.0 Å². The van der Waals surface area contributed by atoms with Gasteiger partial charge in [-0.25, -0.2) is 8.42 Å². The van der Waals surface area contributed by atoms with Crippen molar-refractivity contribution in [2.45, 2.75) is 50.7 Å². The first kappa shape index (κ1) is 28.7. The second kappa shape index (κ2) is 13.1. The molecule has 0 aromatic heterocycles. The molecule has 0 unspecified atom stereocenters. The van der Waals surface area contributed by atoms with Crippen LogP contribution in [0.5, 0.6) is 5.75 Å². The lowest BCUT2D eigenvalue weighted by molar-refractivity contribution is -0.139. The molecule has 0 aliphatic heterocycles. The van der Waals surface area contributed by atoms with E-state index < -0.39 is 28.5 Å². The zero-order valence-corrected chi connectivity index (χ0v) is 23.0. The van der Waals surface area contributed by atoms with Crippen LogP contribution in [-0.4, -0.2) is 50.9 Å². The molecule has 0 saturated carbocycles. The monoisotopic (exact) mass is 537 g/mol. The van der Waals surface area contributed by atoms with Gasteiger partial charge in [0.15, 0.2) is 0 Å². The molecule has 0 heterocycles. The molecule has 1 N–H and O–H groups in total. The second-order valence-electron chi connectivity index (χ2n) is 9.02. The Morgan fingerprint density at radius 3 is 2.03 bits per heavy atom. The van der Waals surface area contributed by atoms with Crippen molar-refractivity contribution in [3.05, 3.63) is 90.5 Å². The van der Waals surface area contributed by atoms with Crippen molar-refractivity contribution in [3.8, 4) is 5.75 Å². The van der Waals surface area contributed by atoms with Gasteiger partial charge in [-0.3, -0.25) is 13.9 Å². The fourth-order valence-electron chi connectivity index (χ4n) is 3.83. The molecule has 3 rings (SSSR count). The number of nitrogens with zero attached hydrogens (tertiary/aromatic N) is 2. The van der Waals surface area contributed by atoms with Crippen LogP contribution >= 0.6 is 0 Å². The highest BCUT2D eigenvalue weighted by molar-refractivity contribution is 7.92. The van der Waals surface area contributed by atoms with Crippen molar-refractivity contribution in [1.29, 1.82) is 0 Å². The lowest BCUT2D eigenvalue weighted by Crippen LogP contribution is -2.52. The molecule has 0 aliphatic carbocycles. The van der Waals surface area contributed by atoms with Crippen LogP contribution in [0, 0.1) is 0 Å². The van der Waals surface area contributed by atoms with Crippen LogP contribution in [0.1, 0.15) is 32.8 Å². The summed E-state index contributed by atoms with van der Waals surface area (Å²) in [5.74, 6) is -0.282. The van der Waals surface area contributed by atoms with Gasteiger partial charge in [0.05, 0.1) is 17.7 Å². The Morgan fingerprint density at radius 2 is 1.47 bits per heavy atom. The number of amides is 2. The van der Waals surface area contributed by atoms with Crippen LogP contribution in [0.15, 0.2) is 89.8 Å². The second-order valence-corrected chi connectivity index (χ2v) is 10.9. The molecule has 8 nitrogen and oxygen atoms in total. The molecular weight excluding hydrogens is 502 g/mol. The Bertz CT molecular complexity index is 1300. The Hall–Kier alpha value is -3.85. The zero-order valence-electron chi connectivity index (χ0n) is 22.2. The average Bonchev–Trinajstić information content (AvgIpc) is 2.94. The predicted octanol–water partition coefficient (Wildman–Crippen LogP) is 4.22. The van der Waals surface area contributed by atoms with Crippen LogP contribution in [0.2, 0.25) is 0 Å². The molecule has 38 heavy (non-hydrogen) atoms. The number of hydrogen-bond acceptors (Lipinski definition) is 5. The summed E-state index contributed by atoms with van der Waals surface area (Å²) in [5, 5.41) is 2.93. The number of benzene rings is 3. The standard InChI is InChI=1S/C29H35N3O5S/c1-5-22(2)30-29(34)23(3)31(20-24-12-8-6-9-13-24)28(33)21-32(25-14-10-7-11-15-25)38(35,36)27-18-16-26(37-4)17-19-27/h6-19,22-23H,5,20-21H2,1-4H3,(H,30,34)/t22-,23-/m1/s1. The highest BCUT2D eigenvalue weighted by Gasteiger charge is 2.32. The molecule has 0 fully saturated rings. The van der Waals surface area contributed by atoms with Gasteiger partial charge >= 0.3 is 0 Å². The van der Waals surface area contributed by atoms with Crippen LogP contribution in [0.3, 0.4) is 0 Å². The molecule has 2 atom stereocenters. The predicted molar refractivity (Wildman–Crippen MR) is 148 cm³/mol. The normalized spacial score (nSPS) is 12.7. The third-order valence-corrected chi connectivity index (χ3v) is 8.12. The molecule has 0 aliphatic rings. The summed E-state index contributed by atoms with van der Waals surface area (Å²) in [6, 6.07) is 22.9. The minimum atomic E-state index is -4.12. The van der Waals surface area contributed by atoms with E-state index >= 15 is 0 Å². The fraction of sp³-hybridized carbons (Fsp3) is 0.310. The van der Waals surface area contributed by atoms with E-state index in [1.165, 1.54) is 24.1 Å². The fourth-order valence-corrected chi connectivity index (χ4v) is 5.24. The number of hydrogen-bond donors (Lipinski definition) is 1. The Labute approximate surface area is 225 Å². The first-order valence-corrected chi connectivity index (χ1v) is 14.0. The summed E-state index contributed by atoms with van der Waals surface area (Å²) in [6.07, 6.45) is 0.743. The smallest absolute Gasteiger partial charge is 0.264 e. The van der Waals surface area contributed by atoms with Crippen LogP contribution in [-0.2, 0) is 26.2 Å². The minimum Gasteiger partial charge on any atom is -0.497 e. The highest BCUT2D eigenvalue weighted by Crippen LogP contribution is 2.25. The summed E-state index contributed by atoms with van der Waals surface area (Å²) in [7, 11) is -2.62. The molecule has 2 amide bonds. The number of para-hydroxylation sites is 1. The Morgan fingerprint density at radius 1 is 0.895 bits per heavy atom. The molecule has 0 saturated heterocycles. The van der Waals surface area contributed by atoms with Crippen molar-refractivity contribution >= 4 is 27.5 Å². The van der Waals surface area contributed by atoms with E-state index in [4.69, 9.17) is 4.74 Å². The molecule has 202 valence electrons. The number of sulfonamides is 1. The number of carbonyl (C=O) groups is 2. The summed E-state index contributed by atoms with van der Waals surface area (Å²) in [4.78, 5) is 28.3. The zero-order chi connectivity index (χ0) is 27.7. The van der Waals surface area contributed by atoms with Gasteiger partial charge in [-0.1, -0.05) is 55.5 Å². The van der Waals surface area contributed by atoms with E-state index in [2.05, 4.69) is 5.32 Å². The third kappa shape index (κ3) is 7.13. The van der Waals surface area contributed by atoms with Crippen LogP contribution < -0.4 is 14.4 Å². The van der Waals surface area contributed by atoms with Crippen molar-refractivity contribution in [1.82, 2.24) is 10.2 Å². The number of ether oxygens (including phenoxy) is 1. The Balaban J connectivity index is 1.98. The third-order valence-electron chi connectivity index (χ3n) is 6.33. The molecule has 3 aromatic rings. The molecule has 0 spiro atoms. The molecule has 0 radical (unpaired) electrons. The van der Waals surface area contributed by atoms with Gasteiger partial charge in [-0.05, 0) is 62.2 Å². The summed E-state index contributed by atoms with van der Waals surface area (Å²) in [6.45, 7) is 5.19. The van der Waals surface area contributed by atoms with Crippen LogP contribution in [0.25, 0.3) is 0 Å². The van der Waals surface area contributed by atoms with E-state index in [1.54, 1.807) is 49.4 Å². The molecule has 3 aromatic carbocycles. The van der Waals surface area contributed by atoms with Gasteiger partial charge in [-0.2, -0.15) is 0 Å². The molecule has 9 heteroatoms. The van der Waals surface area contributed by atoms with Gasteiger partial charge < -0.3 is 15.0 Å². The first-order chi connectivity index (χ1) is 18.2. The maximum atomic E-state index is 13.8. The van der Waals surface area contributed by atoms with Crippen molar-refractivity contribution in [2.75, 3.05) is 18.0 Å². The quantitative estimate of drug-likeness (QED) is 0.373. The average molecular weight is 538 g/mol. The first-order valence-electron chi connectivity index (χ1n) is 12.5. The SMILES string of the molecule is CC[C@@H](C)NC(=O)[C@@H](C)N(Cc1ccccc1)C(=O)CN(c1ccccc1)S(=O)(=O)c1ccc(OC)cc1. The highest BCUT2D eigenvalue weighted by atomic mass is 32.2. The number of nitrogens with one attached hydrogen (secondary N) is 1. The maximum absolute atomic E-state index is 13.8. The number of rotatable bonds is 12. The maximum Gasteiger partial charge on any atom is 0.264 e. The Kier molecular flexibility index (Phi) is 9.90. The van der Waals surface area contributed by atoms with Gasteiger partial charge in [0.2, 0.25) is 11.8 Å².